The maximum absolute atomic E-state index is 12.4. The van der Waals surface area contributed by atoms with Gasteiger partial charge in [0.2, 0.25) is 0 Å². The second kappa shape index (κ2) is 3.32. The van der Waals surface area contributed by atoms with Crippen LogP contribution in [0.3, 0.4) is 0 Å². The summed E-state index contributed by atoms with van der Waals surface area (Å²) in [7, 11) is 0. The van der Waals surface area contributed by atoms with E-state index in [-0.39, 0.29) is 16.8 Å². The van der Waals surface area contributed by atoms with E-state index in [1.165, 1.54) is 15.9 Å². The van der Waals surface area contributed by atoms with E-state index in [9.17, 15) is 9.59 Å². The van der Waals surface area contributed by atoms with Gasteiger partial charge in [0, 0.05) is 0 Å². The van der Waals surface area contributed by atoms with Crippen molar-refractivity contribution in [2.45, 2.75) is 38.6 Å². The summed E-state index contributed by atoms with van der Waals surface area (Å²) in [6.07, 6.45) is 2.70. The van der Waals surface area contributed by atoms with Crippen LogP contribution in [0.2, 0.25) is 0 Å². The molecule has 1 aliphatic carbocycles. The third-order valence-electron chi connectivity index (χ3n) is 3.78. The maximum atomic E-state index is 12.4. The molecule has 3 rings (SSSR count). The van der Waals surface area contributed by atoms with Crippen molar-refractivity contribution in [3.8, 4) is 0 Å². The summed E-state index contributed by atoms with van der Waals surface area (Å²) in [5.74, 6) is 0. The molecule has 0 amide bonds. The van der Waals surface area contributed by atoms with E-state index in [0.717, 1.165) is 24.8 Å². The van der Waals surface area contributed by atoms with Gasteiger partial charge in [-0.05, 0) is 37.1 Å². The Morgan fingerprint density at radius 1 is 1.47 bits per heavy atom. The topological polar surface area (TPSA) is 54.9 Å². The van der Waals surface area contributed by atoms with E-state index in [0.29, 0.717) is 10.2 Å². The Labute approximate surface area is 102 Å². The molecule has 0 atom stereocenters. The first-order valence-corrected chi connectivity index (χ1v) is 6.70. The molecule has 2 aromatic rings. The lowest BCUT2D eigenvalue weighted by Crippen LogP contribution is -2.41. The summed E-state index contributed by atoms with van der Waals surface area (Å²) in [6.45, 7) is 3.94. The third kappa shape index (κ3) is 1.35. The summed E-state index contributed by atoms with van der Waals surface area (Å²) >= 11 is 1.42. The van der Waals surface area contributed by atoms with E-state index in [2.05, 4.69) is 4.98 Å². The maximum Gasteiger partial charge on any atom is 0.329 e. The standard InChI is InChI=1S/C12H14N2O2S/c1-3-12(4-5-12)14-10(15)8-7(2)6-17-9(8)13-11(14)16/h6H,3-5H2,1-2H3,(H,13,16). The molecule has 0 unspecified atom stereocenters. The summed E-state index contributed by atoms with van der Waals surface area (Å²) in [5, 5.41) is 2.59. The van der Waals surface area contributed by atoms with Crippen LogP contribution in [0.1, 0.15) is 31.7 Å². The Morgan fingerprint density at radius 3 is 2.76 bits per heavy atom. The molecule has 1 N–H and O–H groups in total. The number of aromatic amines is 1. The zero-order valence-corrected chi connectivity index (χ0v) is 10.7. The molecule has 0 spiro atoms. The third-order valence-corrected chi connectivity index (χ3v) is 4.79. The van der Waals surface area contributed by atoms with Gasteiger partial charge in [0.05, 0.1) is 10.9 Å². The van der Waals surface area contributed by atoms with Crippen LogP contribution >= 0.6 is 11.3 Å². The zero-order valence-electron chi connectivity index (χ0n) is 9.87. The molecule has 90 valence electrons. The predicted molar refractivity (Wildman–Crippen MR) is 68.9 cm³/mol. The number of rotatable bonds is 2. The summed E-state index contributed by atoms with van der Waals surface area (Å²) in [4.78, 5) is 28.0. The van der Waals surface area contributed by atoms with Crippen molar-refractivity contribution in [1.29, 1.82) is 0 Å². The van der Waals surface area contributed by atoms with Crippen LogP contribution in [0.15, 0.2) is 15.0 Å². The number of fused-ring (bicyclic) bond motifs is 1. The Morgan fingerprint density at radius 2 is 2.18 bits per heavy atom. The minimum atomic E-state index is -0.260. The van der Waals surface area contributed by atoms with Gasteiger partial charge in [0.25, 0.3) is 5.56 Å². The first-order valence-electron chi connectivity index (χ1n) is 5.83. The van der Waals surface area contributed by atoms with E-state index >= 15 is 0 Å². The summed E-state index contributed by atoms with van der Waals surface area (Å²) in [5.41, 5.74) is 0.352. The summed E-state index contributed by atoms with van der Waals surface area (Å²) in [6, 6.07) is 0. The molecule has 2 heterocycles. The Bertz CT molecular complexity index is 703. The highest BCUT2D eigenvalue weighted by Gasteiger charge is 2.45. The number of H-pyrrole nitrogens is 1. The number of thiophene rings is 1. The Hall–Kier alpha value is -1.36. The van der Waals surface area contributed by atoms with Gasteiger partial charge in [-0.1, -0.05) is 6.92 Å². The van der Waals surface area contributed by atoms with Crippen LogP contribution in [-0.2, 0) is 5.54 Å². The lowest BCUT2D eigenvalue weighted by molar-refractivity contribution is 0.434. The average molecular weight is 250 g/mol. The van der Waals surface area contributed by atoms with Crippen LogP contribution < -0.4 is 11.2 Å². The number of nitrogens with zero attached hydrogens (tertiary/aromatic N) is 1. The molecule has 2 aromatic heterocycles. The van der Waals surface area contributed by atoms with Crippen LogP contribution in [-0.4, -0.2) is 9.55 Å². The van der Waals surface area contributed by atoms with E-state index in [4.69, 9.17) is 0 Å². The molecule has 17 heavy (non-hydrogen) atoms. The minimum Gasteiger partial charge on any atom is -0.298 e. The van der Waals surface area contributed by atoms with Crippen LogP contribution in [0.4, 0.5) is 0 Å². The largest absolute Gasteiger partial charge is 0.329 e. The lowest BCUT2D eigenvalue weighted by Gasteiger charge is -2.15. The van der Waals surface area contributed by atoms with Crippen molar-refractivity contribution in [2.75, 3.05) is 0 Å². The first-order chi connectivity index (χ1) is 8.09. The van der Waals surface area contributed by atoms with E-state index in [1.54, 1.807) is 0 Å². The second-order valence-corrected chi connectivity index (χ2v) is 5.65. The quantitative estimate of drug-likeness (QED) is 0.885. The predicted octanol–water partition coefficient (Wildman–Crippen LogP) is 1.96. The number of hydrogen-bond acceptors (Lipinski definition) is 3. The molecular formula is C12H14N2O2S. The molecule has 0 aliphatic heterocycles. The van der Waals surface area contributed by atoms with Gasteiger partial charge in [-0.3, -0.25) is 14.3 Å². The van der Waals surface area contributed by atoms with Crippen LogP contribution in [0.5, 0.6) is 0 Å². The van der Waals surface area contributed by atoms with Gasteiger partial charge >= 0.3 is 5.69 Å². The molecule has 0 saturated heterocycles. The van der Waals surface area contributed by atoms with Gasteiger partial charge in [0.1, 0.15) is 4.83 Å². The Kier molecular flexibility index (Phi) is 2.10. The molecule has 1 fully saturated rings. The van der Waals surface area contributed by atoms with Crippen molar-refractivity contribution in [3.05, 3.63) is 31.8 Å². The Balaban J connectivity index is 2.43. The fourth-order valence-electron chi connectivity index (χ4n) is 2.47. The van der Waals surface area contributed by atoms with Crippen molar-refractivity contribution < 1.29 is 0 Å². The first kappa shape index (κ1) is 10.8. The molecular weight excluding hydrogens is 236 g/mol. The highest BCUT2D eigenvalue weighted by atomic mass is 32.1. The van der Waals surface area contributed by atoms with E-state index < -0.39 is 0 Å². The molecule has 0 bridgehead atoms. The average Bonchev–Trinajstić information content (AvgIpc) is 2.98. The number of aromatic nitrogens is 2. The summed E-state index contributed by atoms with van der Waals surface area (Å²) < 4.78 is 1.44. The van der Waals surface area contributed by atoms with Gasteiger partial charge in [-0.2, -0.15) is 0 Å². The van der Waals surface area contributed by atoms with Crippen LogP contribution in [0, 0.1) is 6.92 Å². The van der Waals surface area contributed by atoms with Crippen molar-refractivity contribution >= 4 is 21.6 Å². The lowest BCUT2D eigenvalue weighted by atomic mass is 10.2. The molecule has 5 heteroatoms. The highest BCUT2D eigenvalue weighted by molar-refractivity contribution is 7.16. The van der Waals surface area contributed by atoms with Crippen molar-refractivity contribution in [3.63, 3.8) is 0 Å². The van der Waals surface area contributed by atoms with E-state index in [1.807, 2.05) is 19.2 Å². The minimum absolute atomic E-state index is 0.123. The normalized spacial score (nSPS) is 17.5. The SMILES string of the molecule is CCC1(n2c(=O)[nH]c3scc(C)c3c2=O)CC1. The number of nitrogens with one attached hydrogen (secondary N) is 1. The molecule has 0 aromatic carbocycles. The van der Waals surface area contributed by atoms with Gasteiger partial charge in [-0.15, -0.1) is 11.3 Å². The number of aryl methyl sites for hydroxylation is 1. The van der Waals surface area contributed by atoms with Gasteiger partial charge < -0.3 is 0 Å². The smallest absolute Gasteiger partial charge is 0.298 e. The fraction of sp³-hybridized carbons (Fsp3) is 0.500. The zero-order chi connectivity index (χ0) is 12.2. The highest BCUT2D eigenvalue weighted by Crippen LogP contribution is 2.44. The fourth-order valence-corrected chi connectivity index (χ4v) is 3.39. The molecule has 1 saturated carbocycles. The van der Waals surface area contributed by atoms with Gasteiger partial charge in [-0.25, -0.2) is 4.79 Å². The molecule has 0 radical (unpaired) electrons. The number of hydrogen-bond donors (Lipinski definition) is 1. The van der Waals surface area contributed by atoms with Crippen molar-refractivity contribution in [2.24, 2.45) is 0 Å². The van der Waals surface area contributed by atoms with Crippen LogP contribution in [0.25, 0.3) is 10.2 Å². The van der Waals surface area contributed by atoms with Crippen molar-refractivity contribution in [1.82, 2.24) is 9.55 Å². The molecule has 1 aliphatic rings. The second-order valence-electron chi connectivity index (χ2n) is 4.77. The molecule has 4 nitrogen and oxygen atoms in total. The van der Waals surface area contributed by atoms with Gasteiger partial charge in [0.15, 0.2) is 0 Å². The monoisotopic (exact) mass is 250 g/mol.